The standard InChI is InChI=1S/C38H36N2O3S4/c1-4-21-42-35-32-13-8-14-33(35)45-29-11-7-12-30(24-29)47-37-31(40-38(41)39-26-17-15-25(3)16-18-26)19-20-34(36(37)43-22-5-2)46-28-10-6-9-27(23-28)44-32/h6-20,23-24H,4-5,21-22H2,1-3H3,(H2,39,40,41). The van der Waals surface area contributed by atoms with Crippen LogP contribution in [0, 0.1) is 6.92 Å². The van der Waals surface area contributed by atoms with Crippen LogP contribution in [-0.2, 0) is 0 Å². The third-order valence-electron chi connectivity index (χ3n) is 6.99. The molecule has 1 heterocycles. The van der Waals surface area contributed by atoms with E-state index < -0.39 is 0 Å². The maximum atomic E-state index is 13.3. The summed E-state index contributed by atoms with van der Waals surface area (Å²) in [4.78, 5) is 21.7. The minimum absolute atomic E-state index is 0.312. The Kier molecular flexibility index (Phi) is 11.3. The van der Waals surface area contributed by atoms with Crippen molar-refractivity contribution in [1.29, 1.82) is 0 Å². The molecule has 0 aromatic heterocycles. The Balaban J connectivity index is 1.44. The van der Waals surface area contributed by atoms with E-state index in [-0.39, 0.29) is 6.03 Å². The van der Waals surface area contributed by atoms with Gasteiger partial charge in [0.2, 0.25) is 0 Å². The van der Waals surface area contributed by atoms with E-state index in [9.17, 15) is 4.79 Å². The SMILES string of the molecule is CCCOc1c2cccc1Sc1cccc(c1)Sc1c(NC(=O)Nc3ccc(C)cc3)ccc(c1OCCC)Sc1cccc(c1)S2. The number of carbonyl (C=O) groups excluding carboxylic acids is 1. The quantitative estimate of drug-likeness (QED) is 0.164. The van der Waals surface area contributed by atoms with Gasteiger partial charge >= 0.3 is 6.03 Å². The van der Waals surface area contributed by atoms with Crippen LogP contribution in [0.25, 0.3) is 0 Å². The largest absolute Gasteiger partial charge is 0.491 e. The molecule has 0 fully saturated rings. The zero-order chi connectivity index (χ0) is 32.6. The lowest BCUT2D eigenvalue weighted by Crippen LogP contribution is -2.20. The Morgan fingerprint density at radius 2 is 1.11 bits per heavy atom. The van der Waals surface area contributed by atoms with Crippen LogP contribution in [0.1, 0.15) is 32.3 Å². The molecule has 0 spiro atoms. The highest BCUT2D eigenvalue weighted by Gasteiger charge is 2.21. The number of fused-ring (bicyclic) bond motifs is 8. The number of carbonyl (C=O) groups is 1. The van der Waals surface area contributed by atoms with Crippen molar-refractivity contribution in [3.8, 4) is 11.5 Å². The first kappa shape index (κ1) is 33.3. The second-order valence-corrected chi connectivity index (χ2v) is 15.3. The number of anilines is 2. The van der Waals surface area contributed by atoms with Crippen LogP contribution < -0.4 is 20.1 Å². The van der Waals surface area contributed by atoms with Gasteiger partial charge in [0.1, 0.15) is 11.5 Å². The van der Waals surface area contributed by atoms with Crippen molar-refractivity contribution in [2.24, 2.45) is 0 Å². The summed E-state index contributed by atoms with van der Waals surface area (Å²) >= 11 is 6.67. The molecule has 0 saturated carbocycles. The summed E-state index contributed by atoms with van der Waals surface area (Å²) in [5.41, 5.74) is 2.54. The van der Waals surface area contributed by atoms with Gasteiger partial charge in [0, 0.05) is 25.3 Å². The Bertz CT molecular complexity index is 1860. The molecule has 0 saturated heterocycles. The molecule has 5 aromatic rings. The molecule has 0 radical (unpaired) electrons. The molecule has 240 valence electrons. The molecular weight excluding hydrogens is 661 g/mol. The highest BCUT2D eigenvalue weighted by atomic mass is 32.2. The average Bonchev–Trinajstić information content (AvgIpc) is 3.06. The highest BCUT2D eigenvalue weighted by molar-refractivity contribution is 8.01. The van der Waals surface area contributed by atoms with Gasteiger partial charge in [0.25, 0.3) is 0 Å². The number of ether oxygens (including phenoxy) is 2. The predicted octanol–water partition coefficient (Wildman–Crippen LogP) is 12.1. The molecule has 2 N–H and O–H groups in total. The lowest BCUT2D eigenvalue weighted by atomic mass is 10.2. The first-order chi connectivity index (χ1) is 23.0. The predicted molar refractivity (Wildman–Crippen MR) is 198 cm³/mol. The van der Waals surface area contributed by atoms with Crippen molar-refractivity contribution >= 4 is 64.5 Å². The van der Waals surface area contributed by atoms with Gasteiger partial charge in [-0.1, -0.05) is 96.8 Å². The minimum atomic E-state index is -0.312. The molecule has 9 heteroatoms. The summed E-state index contributed by atoms with van der Waals surface area (Å²) in [6.07, 6.45) is 1.79. The Morgan fingerprint density at radius 1 is 0.596 bits per heavy atom. The Labute approximate surface area is 294 Å². The van der Waals surface area contributed by atoms with Gasteiger partial charge < -0.3 is 20.1 Å². The van der Waals surface area contributed by atoms with E-state index in [1.165, 1.54) is 0 Å². The van der Waals surface area contributed by atoms with Crippen molar-refractivity contribution in [2.45, 2.75) is 72.8 Å². The zero-order valence-electron chi connectivity index (χ0n) is 26.5. The summed E-state index contributed by atoms with van der Waals surface area (Å²) in [5, 5.41) is 6.09. The number of amides is 2. The molecule has 8 bridgehead atoms. The van der Waals surface area contributed by atoms with E-state index >= 15 is 0 Å². The van der Waals surface area contributed by atoms with Crippen molar-refractivity contribution in [3.63, 3.8) is 0 Å². The summed E-state index contributed by atoms with van der Waals surface area (Å²) < 4.78 is 12.9. The molecule has 5 nitrogen and oxygen atoms in total. The van der Waals surface area contributed by atoms with Gasteiger partial charge in [-0.05, 0) is 92.6 Å². The maximum Gasteiger partial charge on any atom is 0.323 e. The molecule has 1 aliphatic heterocycles. The van der Waals surface area contributed by atoms with Crippen LogP contribution in [0.3, 0.4) is 0 Å². The van der Waals surface area contributed by atoms with Crippen LogP contribution in [0.2, 0.25) is 0 Å². The number of urea groups is 1. The normalized spacial score (nSPS) is 12.2. The van der Waals surface area contributed by atoms with Gasteiger partial charge in [-0.3, -0.25) is 0 Å². The average molecular weight is 697 g/mol. The van der Waals surface area contributed by atoms with Gasteiger partial charge in [-0.25, -0.2) is 4.79 Å². The van der Waals surface area contributed by atoms with E-state index in [0.717, 1.165) is 74.8 Å². The molecule has 0 unspecified atom stereocenters. The number of hydrogen-bond donors (Lipinski definition) is 2. The van der Waals surface area contributed by atoms with Gasteiger partial charge in [-0.15, -0.1) is 0 Å². The number of aryl methyl sites for hydroxylation is 1. The fraction of sp³-hybridized carbons (Fsp3) is 0.184. The fourth-order valence-corrected chi connectivity index (χ4v) is 9.09. The molecule has 1 aliphatic rings. The monoisotopic (exact) mass is 696 g/mol. The smallest absolute Gasteiger partial charge is 0.323 e. The van der Waals surface area contributed by atoms with E-state index in [2.05, 4.69) is 91.2 Å². The molecule has 47 heavy (non-hydrogen) atoms. The van der Waals surface area contributed by atoms with E-state index in [4.69, 9.17) is 9.47 Å². The molecule has 0 atom stereocenters. The summed E-state index contributed by atoms with van der Waals surface area (Å²) in [5.74, 6) is 1.68. The first-order valence-electron chi connectivity index (χ1n) is 15.6. The molecule has 2 amide bonds. The Morgan fingerprint density at radius 3 is 1.68 bits per heavy atom. The third-order valence-corrected chi connectivity index (χ3v) is 11.2. The van der Waals surface area contributed by atoms with E-state index in [0.29, 0.717) is 18.9 Å². The van der Waals surface area contributed by atoms with Crippen molar-refractivity contribution < 1.29 is 14.3 Å². The van der Waals surface area contributed by atoms with Gasteiger partial charge in [-0.2, -0.15) is 0 Å². The van der Waals surface area contributed by atoms with E-state index in [1.807, 2.05) is 43.3 Å². The number of para-hydroxylation sites is 1. The molecule has 6 rings (SSSR count). The maximum absolute atomic E-state index is 13.3. The third kappa shape index (κ3) is 8.65. The highest BCUT2D eigenvalue weighted by Crippen LogP contribution is 2.50. The van der Waals surface area contributed by atoms with Crippen LogP contribution in [0.15, 0.2) is 142 Å². The van der Waals surface area contributed by atoms with Gasteiger partial charge in [0.05, 0.1) is 38.5 Å². The topological polar surface area (TPSA) is 59.6 Å². The van der Waals surface area contributed by atoms with Crippen LogP contribution in [-0.4, -0.2) is 19.2 Å². The minimum Gasteiger partial charge on any atom is -0.491 e. The van der Waals surface area contributed by atoms with Crippen LogP contribution >= 0.6 is 47.0 Å². The number of benzene rings is 5. The summed E-state index contributed by atoms with van der Waals surface area (Å²) in [6.45, 7) is 7.46. The molecule has 5 aromatic carbocycles. The van der Waals surface area contributed by atoms with Crippen LogP contribution in [0.4, 0.5) is 16.2 Å². The van der Waals surface area contributed by atoms with Crippen molar-refractivity contribution in [2.75, 3.05) is 23.8 Å². The van der Waals surface area contributed by atoms with Crippen molar-refractivity contribution in [3.05, 3.63) is 109 Å². The zero-order valence-corrected chi connectivity index (χ0v) is 29.8. The lowest BCUT2D eigenvalue weighted by molar-refractivity contribution is 0.262. The number of hydrogen-bond acceptors (Lipinski definition) is 7. The summed E-state index contributed by atoms with van der Waals surface area (Å²) in [6, 6.07) is 34.9. The number of nitrogens with one attached hydrogen (secondary N) is 2. The van der Waals surface area contributed by atoms with Crippen LogP contribution in [0.5, 0.6) is 11.5 Å². The Hall–Kier alpha value is -3.63. The second-order valence-electron chi connectivity index (χ2n) is 10.9. The van der Waals surface area contributed by atoms with Gasteiger partial charge in [0.15, 0.2) is 0 Å². The number of rotatable bonds is 8. The van der Waals surface area contributed by atoms with Crippen molar-refractivity contribution in [1.82, 2.24) is 0 Å². The fourth-order valence-electron chi connectivity index (χ4n) is 4.79. The van der Waals surface area contributed by atoms with E-state index in [1.54, 1.807) is 47.0 Å². The lowest BCUT2D eigenvalue weighted by Gasteiger charge is -2.20. The molecular formula is C38H36N2O3S4. The molecule has 0 aliphatic carbocycles. The summed E-state index contributed by atoms with van der Waals surface area (Å²) in [7, 11) is 0. The first-order valence-corrected chi connectivity index (χ1v) is 18.9. The second kappa shape index (κ2) is 16.0.